The van der Waals surface area contributed by atoms with E-state index in [1.165, 1.54) is 11.3 Å². The van der Waals surface area contributed by atoms with Crippen LogP contribution in [-0.2, 0) is 9.53 Å². The number of halogens is 2. The molecule has 1 aliphatic heterocycles. The van der Waals surface area contributed by atoms with Crippen LogP contribution in [0, 0.1) is 0 Å². The largest absolute Gasteiger partial charge is 0.378 e. The third-order valence-corrected chi connectivity index (χ3v) is 6.27. The third-order valence-electron chi connectivity index (χ3n) is 4.35. The number of carbonyl (C=O) groups excluding carboxylic acids is 2. The Hall–Kier alpha value is -1.61. The van der Waals surface area contributed by atoms with E-state index in [-0.39, 0.29) is 11.8 Å². The van der Waals surface area contributed by atoms with Crippen LogP contribution >= 0.6 is 38.9 Å². The van der Waals surface area contributed by atoms with Crippen molar-refractivity contribution in [2.45, 2.75) is 19.4 Å². The van der Waals surface area contributed by atoms with E-state index in [0.29, 0.717) is 28.8 Å². The zero-order chi connectivity index (χ0) is 20.3. The Balaban J connectivity index is 1.65. The van der Waals surface area contributed by atoms with Crippen molar-refractivity contribution < 1.29 is 14.3 Å². The van der Waals surface area contributed by atoms with Crippen molar-refractivity contribution in [3.05, 3.63) is 44.0 Å². The van der Waals surface area contributed by atoms with Gasteiger partial charge in [-0.05, 0) is 60.1 Å². The van der Waals surface area contributed by atoms with Gasteiger partial charge in [0.2, 0.25) is 5.91 Å². The molecule has 2 heterocycles. The van der Waals surface area contributed by atoms with Gasteiger partial charge in [-0.2, -0.15) is 0 Å². The average molecular weight is 487 g/mol. The number of morpholine rings is 1. The average Bonchev–Trinajstić information content (AvgIpc) is 3.09. The van der Waals surface area contributed by atoms with Crippen molar-refractivity contribution in [2.24, 2.45) is 0 Å². The second-order valence-electron chi connectivity index (χ2n) is 6.90. The minimum absolute atomic E-state index is 0.295. The van der Waals surface area contributed by atoms with E-state index in [0.717, 1.165) is 22.6 Å². The maximum atomic E-state index is 12.7. The summed E-state index contributed by atoms with van der Waals surface area (Å²) in [5.41, 5.74) is 0.398. The number of nitrogens with one attached hydrogen (secondary N) is 2. The summed E-state index contributed by atoms with van der Waals surface area (Å²) in [6, 6.07) is 8.92. The van der Waals surface area contributed by atoms with Gasteiger partial charge in [-0.25, -0.2) is 0 Å². The van der Waals surface area contributed by atoms with Crippen LogP contribution in [-0.4, -0.2) is 43.7 Å². The summed E-state index contributed by atoms with van der Waals surface area (Å²) in [6.45, 7) is 6.22. The maximum absolute atomic E-state index is 12.7. The number of benzene rings is 1. The first-order valence-corrected chi connectivity index (χ1v) is 10.8. The zero-order valence-corrected chi connectivity index (χ0v) is 18.7. The first-order chi connectivity index (χ1) is 13.3. The lowest BCUT2D eigenvalue weighted by atomic mass is 10.0. The molecule has 2 amide bonds. The Bertz CT molecular complexity index is 881. The topological polar surface area (TPSA) is 70.7 Å². The van der Waals surface area contributed by atoms with E-state index in [1.807, 2.05) is 12.1 Å². The van der Waals surface area contributed by atoms with Gasteiger partial charge in [0, 0.05) is 18.8 Å². The quantitative estimate of drug-likeness (QED) is 0.666. The summed E-state index contributed by atoms with van der Waals surface area (Å²) in [4.78, 5) is 27.8. The van der Waals surface area contributed by atoms with Crippen molar-refractivity contribution in [3.8, 4) is 0 Å². The third kappa shape index (κ3) is 5.05. The van der Waals surface area contributed by atoms with Crippen LogP contribution in [0.1, 0.15) is 23.5 Å². The van der Waals surface area contributed by atoms with Gasteiger partial charge in [-0.15, -0.1) is 11.3 Å². The molecule has 1 saturated heterocycles. The van der Waals surface area contributed by atoms with E-state index in [9.17, 15) is 9.59 Å². The van der Waals surface area contributed by atoms with Gasteiger partial charge >= 0.3 is 0 Å². The lowest BCUT2D eigenvalue weighted by Crippen LogP contribution is -2.52. The molecule has 1 aromatic heterocycles. The second-order valence-corrected chi connectivity index (χ2v) is 9.77. The van der Waals surface area contributed by atoms with Crippen LogP contribution in [0.15, 0.2) is 34.1 Å². The number of ether oxygens (including phenoxy) is 1. The molecule has 0 saturated carbocycles. The van der Waals surface area contributed by atoms with Crippen molar-refractivity contribution in [1.29, 1.82) is 0 Å². The fraction of sp³-hybridized carbons (Fsp3) is 0.368. The Morgan fingerprint density at radius 3 is 2.54 bits per heavy atom. The lowest BCUT2D eigenvalue weighted by molar-refractivity contribution is -0.120. The molecule has 1 aliphatic rings. The number of thiophene rings is 1. The standard InChI is InChI=1S/C19H21BrClN3O3S/c1-19(2,23-17(25)15-5-6-16(20)28-15)18(26)22-12-3-4-14(13(21)11-12)24-7-9-27-10-8-24/h3-6,11H,7-10H2,1-2H3,(H,22,26)(H,23,25). The van der Waals surface area contributed by atoms with Crippen LogP contribution in [0.3, 0.4) is 0 Å². The molecule has 9 heteroatoms. The van der Waals surface area contributed by atoms with Gasteiger partial charge in [0.25, 0.3) is 5.91 Å². The second kappa shape index (κ2) is 8.82. The summed E-state index contributed by atoms with van der Waals surface area (Å²) < 4.78 is 6.22. The fourth-order valence-electron chi connectivity index (χ4n) is 2.77. The molecular weight excluding hydrogens is 466 g/mol. The molecule has 28 heavy (non-hydrogen) atoms. The Morgan fingerprint density at radius 2 is 1.93 bits per heavy atom. The first-order valence-electron chi connectivity index (χ1n) is 8.78. The molecule has 6 nitrogen and oxygen atoms in total. The first kappa shape index (κ1) is 21.1. The van der Waals surface area contributed by atoms with Gasteiger partial charge in [0.05, 0.1) is 32.6 Å². The highest BCUT2D eigenvalue weighted by atomic mass is 79.9. The van der Waals surface area contributed by atoms with E-state index >= 15 is 0 Å². The summed E-state index contributed by atoms with van der Waals surface area (Å²) >= 11 is 11.1. The van der Waals surface area contributed by atoms with Crippen LogP contribution in [0.5, 0.6) is 0 Å². The van der Waals surface area contributed by atoms with Gasteiger partial charge in [-0.3, -0.25) is 9.59 Å². The molecule has 0 radical (unpaired) electrons. The minimum Gasteiger partial charge on any atom is -0.378 e. The van der Waals surface area contributed by atoms with Gasteiger partial charge in [-0.1, -0.05) is 11.6 Å². The molecule has 1 aromatic carbocycles. The number of carbonyl (C=O) groups is 2. The Morgan fingerprint density at radius 1 is 1.21 bits per heavy atom. The number of rotatable bonds is 5. The molecular formula is C19H21BrClN3O3S. The van der Waals surface area contributed by atoms with Crippen LogP contribution in [0.2, 0.25) is 5.02 Å². The zero-order valence-electron chi connectivity index (χ0n) is 15.6. The van der Waals surface area contributed by atoms with Gasteiger partial charge < -0.3 is 20.3 Å². The molecule has 0 unspecified atom stereocenters. The maximum Gasteiger partial charge on any atom is 0.262 e. The normalized spacial score (nSPS) is 14.6. The number of hydrogen-bond acceptors (Lipinski definition) is 5. The van der Waals surface area contributed by atoms with Crippen molar-refractivity contribution >= 4 is 62.1 Å². The van der Waals surface area contributed by atoms with Crippen molar-refractivity contribution in [1.82, 2.24) is 5.32 Å². The smallest absolute Gasteiger partial charge is 0.262 e. The summed E-state index contributed by atoms with van der Waals surface area (Å²) in [6.07, 6.45) is 0. The predicted molar refractivity (Wildman–Crippen MR) is 117 cm³/mol. The van der Waals surface area contributed by atoms with E-state index in [2.05, 4.69) is 31.5 Å². The molecule has 0 aliphatic carbocycles. The molecule has 0 spiro atoms. The number of hydrogen-bond donors (Lipinski definition) is 2. The van der Waals surface area contributed by atoms with E-state index < -0.39 is 5.54 Å². The Labute approximate surface area is 181 Å². The SMILES string of the molecule is CC(C)(NC(=O)c1ccc(Br)s1)C(=O)Nc1ccc(N2CCOCC2)c(Cl)c1. The van der Waals surface area contributed by atoms with Crippen molar-refractivity contribution in [2.75, 3.05) is 36.5 Å². The molecule has 150 valence electrons. The van der Waals surface area contributed by atoms with Gasteiger partial charge in [0.15, 0.2) is 0 Å². The summed E-state index contributed by atoms with van der Waals surface area (Å²) in [7, 11) is 0. The highest BCUT2D eigenvalue weighted by molar-refractivity contribution is 9.11. The summed E-state index contributed by atoms with van der Waals surface area (Å²) in [5.74, 6) is -0.622. The monoisotopic (exact) mass is 485 g/mol. The molecule has 0 atom stereocenters. The summed E-state index contributed by atoms with van der Waals surface area (Å²) in [5, 5.41) is 6.16. The Kier molecular flexibility index (Phi) is 6.65. The van der Waals surface area contributed by atoms with Crippen LogP contribution in [0.4, 0.5) is 11.4 Å². The number of anilines is 2. The molecule has 3 rings (SSSR count). The number of nitrogens with zero attached hydrogens (tertiary/aromatic N) is 1. The molecule has 2 N–H and O–H groups in total. The highest BCUT2D eigenvalue weighted by Gasteiger charge is 2.30. The van der Waals surface area contributed by atoms with Crippen molar-refractivity contribution in [3.63, 3.8) is 0 Å². The number of amides is 2. The lowest BCUT2D eigenvalue weighted by Gasteiger charge is -2.30. The highest BCUT2D eigenvalue weighted by Crippen LogP contribution is 2.30. The predicted octanol–water partition coefficient (Wildman–Crippen LogP) is 4.15. The minimum atomic E-state index is -1.09. The van der Waals surface area contributed by atoms with Crippen LogP contribution in [0.25, 0.3) is 0 Å². The molecule has 0 bridgehead atoms. The fourth-order valence-corrected chi connectivity index (χ4v) is 4.35. The van der Waals surface area contributed by atoms with E-state index in [4.69, 9.17) is 16.3 Å². The molecule has 1 fully saturated rings. The van der Waals surface area contributed by atoms with E-state index in [1.54, 1.807) is 32.0 Å². The molecule has 2 aromatic rings. The van der Waals surface area contributed by atoms with Gasteiger partial charge in [0.1, 0.15) is 5.54 Å². The van der Waals surface area contributed by atoms with Crippen LogP contribution < -0.4 is 15.5 Å².